The minimum Gasteiger partial charge on any atom is -0.273 e. The highest BCUT2D eigenvalue weighted by Gasteiger charge is 2.30. The third-order valence-corrected chi connectivity index (χ3v) is 7.48. The van der Waals surface area contributed by atoms with E-state index in [1.54, 1.807) is 26.0 Å². The number of amidine groups is 1. The van der Waals surface area contributed by atoms with Crippen LogP contribution in [0.3, 0.4) is 0 Å². The van der Waals surface area contributed by atoms with Gasteiger partial charge in [-0.05, 0) is 36.4 Å². The van der Waals surface area contributed by atoms with Gasteiger partial charge in [0.15, 0.2) is 5.17 Å². The van der Waals surface area contributed by atoms with Crippen molar-refractivity contribution >= 4 is 44.5 Å². The first-order chi connectivity index (χ1) is 14.4. The van der Waals surface area contributed by atoms with Gasteiger partial charge in [0.1, 0.15) is 0 Å². The van der Waals surface area contributed by atoms with Gasteiger partial charge in [0.2, 0.25) is 15.9 Å². The van der Waals surface area contributed by atoms with Crippen LogP contribution in [0.25, 0.3) is 0 Å². The molecule has 8 nitrogen and oxygen atoms in total. The minimum atomic E-state index is -3.59. The zero-order valence-corrected chi connectivity index (χ0v) is 18.2. The van der Waals surface area contributed by atoms with Crippen LogP contribution in [0.5, 0.6) is 0 Å². The molecule has 30 heavy (non-hydrogen) atoms. The molecule has 1 aliphatic rings. The number of amides is 2. The van der Waals surface area contributed by atoms with E-state index in [1.165, 1.54) is 45.2 Å². The van der Waals surface area contributed by atoms with Crippen LogP contribution in [-0.4, -0.2) is 48.5 Å². The molecule has 1 saturated heterocycles. The van der Waals surface area contributed by atoms with Crippen molar-refractivity contribution in [3.63, 3.8) is 0 Å². The highest BCUT2D eigenvalue weighted by molar-refractivity contribution is 8.15. The first-order valence-electron chi connectivity index (χ1n) is 9.37. The van der Waals surface area contributed by atoms with Gasteiger partial charge < -0.3 is 0 Å². The molecule has 0 spiro atoms. The number of carbonyl (C=O) groups is 2. The van der Waals surface area contributed by atoms with Crippen molar-refractivity contribution in [2.45, 2.75) is 18.7 Å². The molecule has 2 amide bonds. The van der Waals surface area contributed by atoms with Gasteiger partial charge in [-0.2, -0.15) is 4.31 Å². The van der Waals surface area contributed by atoms with Gasteiger partial charge in [0, 0.05) is 18.7 Å². The number of sulfonamides is 1. The fourth-order valence-corrected chi connectivity index (χ4v) is 5.22. The number of rotatable bonds is 7. The summed E-state index contributed by atoms with van der Waals surface area (Å²) in [4.78, 5) is 26.2. The average molecular weight is 447 g/mol. The van der Waals surface area contributed by atoms with Gasteiger partial charge in [-0.15, -0.1) is 5.10 Å². The fraction of sp³-hybridized carbons (Fsp3) is 0.250. The van der Waals surface area contributed by atoms with E-state index in [0.717, 1.165) is 0 Å². The average Bonchev–Trinajstić information content (AvgIpc) is 3.13. The van der Waals surface area contributed by atoms with Crippen LogP contribution in [0.4, 0.5) is 5.69 Å². The molecule has 1 heterocycles. The SMILES string of the molecule is CCN(CC)S(=O)(=O)c1ccc(C(=O)N/N=C2\SCC(=O)N2c2ccccc2)cc1. The molecule has 1 N–H and O–H groups in total. The van der Waals surface area contributed by atoms with Crippen molar-refractivity contribution in [1.29, 1.82) is 0 Å². The van der Waals surface area contributed by atoms with E-state index in [2.05, 4.69) is 10.5 Å². The van der Waals surface area contributed by atoms with Crippen LogP contribution in [0.1, 0.15) is 24.2 Å². The predicted molar refractivity (Wildman–Crippen MR) is 118 cm³/mol. The Morgan fingerprint density at radius 3 is 2.33 bits per heavy atom. The number of hydrazone groups is 1. The molecule has 0 unspecified atom stereocenters. The molecular formula is C20H22N4O4S2. The summed E-state index contributed by atoms with van der Waals surface area (Å²) in [6, 6.07) is 14.7. The van der Waals surface area contributed by atoms with Crippen molar-refractivity contribution in [3.05, 3.63) is 60.2 Å². The summed E-state index contributed by atoms with van der Waals surface area (Å²) in [5, 5.41) is 4.47. The molecule has 3 rings (SSSR count). The highest BCUT2D eigenvalue weighted by atomic mass is 32.2. The van der Waals surface area contributed by atoms with E-state index in [-0.39, 0.29) is 22.1 Å². The molecule has 2 aromatic rings. The van der Waals surface area contributed by atoms with Crippen LogP contribution in [-0.2, 0) is 14.8 Å². The molecule has 158 valence electrons. The Morgan fingerprint density at radius 1 is 1.10 bits per heavy atom. The fourth-order valence-electron chi connectivity index (χ4n) is 2.93. The number of anilines is 1. The Kier molecular flexibility index (Phi) is 6.91. The summed E-state index contributed by atoms with van der Waals surface area (Å²) in [6.07, 6.45) is 0. The van der Waals surface area contributed by atoms with Crippen molar-refractivity contribution < 1.29 is 18.0 Å². The van der Waals surface area contributed by atoms with E-state index >= 15 is 0 Å². The summed E-state index contributed by atoms with van der Waals surface area (Å²) in [5.41, 5.74) is 3.37. The largest absolute Gasteiger partial charge is 0.273 e. The standard InChI is InChI=1S/C20H22N4O4S2/c1-3-23(4-2)30(27,28)17-12-10-15(11-13-17)19(26)21-22-20-24(18(25)14-29-20)16-8-6-5-7-9-16/h5-13H,3-4,14H2,1-2H3,(H,21,26)/b22-20-. The summed E-state index contributed by atoms with van der Waals surface area (Å²) >= 11 is 1.23. The monoisotopic (exact) mass is 446 g/mol. The summed E-state index contributed by atoms with van der Waals surface area (Å²) < 4.78 is 26.4. The number of hydrogen-bond donors (Lipinski definition) is 1. The number of hydrogen-bond acceptors (Lipinski definition) is 6. The number of thioether (sulfide) groups is 1. The minimum absolute atomic E-state index is 0.120. The van der Waals surface area contributed by atoms with Crippen molar-refractivity contribution in [3.8, 4) is 0 Å². The van der Waals surface area contributed by atoms with E-state index in [9.17, 15) is 18.0 Å². The first-order valence-corrected chi connectivity index (χ1v) is 11.8. The van der Waals surface area contributed by atoms with E-state index in [0.29, 0.717) is 23.9 Å². The lowest BCUT2D eigenvalue weighted by Gasteiger charge is -2.18. The zero-order valence-electron chi connectivity index (χ0n) is 16.6. The maximum Gasteiger partial charge on any atom is 0.271 e. The Morgan fingerprint density at radius 2 is 1.73 bits per heavy atom. The van der Waals surface area contributed by atoms with Crippen LogP contribution in [0.2, 0.25) is 0 Å². The molecule has 0 saturated carbocycles. The smallest absolute Gasteiger partial charge is 0.271 e. The van der Waals surface area contributed by atoms with E-state index < -0.39 is 15.9 Å². The van der Waals surface area contributed by atoms with Crippen LogP contribution in [0, 0.1) is 0 Å². The molecule has 1 fully saturated rings. The van der Waals surface area contributed by atoms with Gasteiger partial charge in [-0.1, -0.05) is 43.8 Å². The number of para-hydroxylation sites is 1. The Balaban J connectivity index is 1.74. The lowest BCUT2D eigenvalue weighted by molar-refractivity contribution is -0.115. The van der Waals surface area contributed by atoms with Gasteiger partial charge in [-0.3, -0.25) is 14.5 Å². The zero-order chi connectivity index (χ0) is 21.7. The highest BCUT2D eigenvalue weighted by Crippen LogP contribution is 2.26. The van der Waals surface area contributed by atoms with Crippen molar-refractivity contribution in [2.75, 3.05) is 23.7 Å². The number of nitrogens with zero attached hydrogens (tertiary/aromatic N) is 3. The molecule has 1 aliphatic heterocycles. The Hall–Kier alpha value is -2.69. The maximum absolute atomic E-state index is 12.5. The molecule has 2 aromatic carbocycles. The third kappa shape index (κ3) is 4.55. The third-order valence-electron chi connectivity index (χ3n) is 4.49. The maximum atomic E-state index is 12.5. The second-order valence-corrected chi connectivity index (χ2v) is 9.18. The second kappa shape index (κ2) is 9.41. The second-order valence-electron chi connectivity index (χ2n) is 6.30. The molecule has 0 aliphatic carbocycles. The van der Waals surface area contributed by atoms with Crippen molar-refractivity contribution in [1.82, 2.24) is 9.73 Å². The lowest BCUT2D eigenvalue weighted by atomic mass is 10.2. The lowest BCUT2D eigenvalue weighted by Crippen LogP contribution is -2.31. The summed E-state index contributed by atoms with van der Waals surface area (Å²) in [7, 11) is -3.59. The van der Waals surface area contributed by atoms with Gasteiger partial charge in [0.05, 0.1) is 16.3 Å². The molecule has 10 heteroatoms. The molecular weight excluding hydrogens is 424 g/mol. The van der Waals surface area contributed by atoms with Crippen LogP contribution < -0.4 is 10.3 Å². The summed E-state index contributed by atoms with van der Waals surface area (Å²) in [6.45, 7) is 4.28. The Labute approximate surface area is 180 Å². The van der Waals surface area contributed by atoms with Crippen LogP contribution in [0.15, 0.2) is 64.6 Å². The van der Waals surface area contributed by atoms with Crippen molar-refractivity contribution in [2.24, 2.45) is 5.10 Å². The normalized spacial score (nSPS) is 15.8. The topological polar surface area (TPSA) is 99.1 Å². The summed E-state index contributed by atoms with van der Waals surface area (Å²) in [5.74, 6) is -0.381. The van der Waals surface area contributed by atoms with E-state index in [1.807, 2.05) is 18.2 Å². The molecule has 0 atom stereocenters. The molecule has 0 radical (unpaired) electrons. The molecule has 0 aromatic heterocycles. The number of carbonyl (C=O) groups excluding carboxylic acids is 2. The van der Waals surface area contributed by atoms with Crippen LogP contribution >= 0.6 is 11.8 Å². The molecule has 0 bridgehead atoms. The first kappa shape index (κ1) is 22.0. The predicted octanol–water partition coefficient (Wildman–Crippen LogP) is 2.50. The van der Waals surface area contributed by atoms with Gasteiger partial charge in [-0.25, -0.2) is 13.8 Å². The number of nitrogens with one attached hydrogen (secondary N) is 1. The number of benzene rings is 2. The van der Waals surface area contributed by atoms with E-state index in [4.69, 9.17) is 0 Å². The van der Waals surface area contributed by atoms with Gasteiger partial charge in [0.25, 0.3) is 5.91 Å². The van der Waals surface area contributed by atoms with Gasteiger partial charge >= 0.3 is 0 Å². The quantitative estimate of drug-likeness (QED) is 0.659. The Bertz CT molecular complexity index is 1050.